The molecule has 1 aliphatic rings. The molecule has 1 unspecified atom stereocenters. The van der Waals surface area contributed by atoms with Crippen molar-refractivity contribution in [2.24, 2.45) is 0 Å². The van der Waals surface area contributed by atoms with Gasteiger partial charge in [-0.25, -0.2) is 18.4 Å². The third kappa shape index (κ3) is 3.61. The van der Waals surface area contributed by atoms with Gasteiger partial charge in [0.25, 0.3) is 0 Å². The quantitative estimate of drug-likeness (QED) is 0.852. The molecule has 1 aromatic carbocycles. The molecule has 130 valence electrons. The lowest BCUT2D eigenvalue weighted by Crippen LogP contribution is -2.54. The summed E-state index contributed by atoms with van der Waals surface area (Å²) in [5.41, 5.74) is -1.69. The Morgan fingerprint density at radius 3 is 2.62 bits per heavy atom. The van der Waals surface area contributed by atoms with Gasteiger partial charge in [-0.2, -0.15) is 5.10 Å². The van der Waals surface area contributed by atoms with Crippen molar-refractivity contribution in [1.82, 2.24) is 14.8 Å². The van der Waals surface area contributed by atoms with Crippen LogP contribution in [0.25, 0.3) is 5.84 Å². The molecule has 2 heterocycles. The molecule has 0 bridgehead atoms. The lowest BCUT2D eigenvalue weighted by molar-refractivity contribution is -0.893. The number of aliphatic hydroxyl groups is 1. The zero-order valence-electron chi connectivity index (χ0n) is 13.3. The number of rotatable bonds is 5. The molecule has 1 aromatic heterocycles. The predicted octanol–water partition coefficient (Wildman–Crippen LogP) is 2.41. The monoisotopic (exact) mass is 337 g/mol. The van der Waals surface area contributed by atoms with Crippen molar-refractivity contribution < 1.29 is 18.5 Å². The summed E-state index contributed by atoms with van der Waals surface area (Å²) < 4.78 is 28.9. The number of quaternary nitrogens is 1. The van der Waals surface area contributed by atoms with E-state index < -0.39 is 17.2 Å². The van der Waals surface area contributed by atoms with Gasteiger partial charge in [0.15, 0.2) is 5.60 Å². The van der Waals surface area contributed by atoms with Crippen LogP contribution in [-0.2, 0) is 12.1 Å². The lowest BCUT2D eigenvalue weighted by Gasteiger charge is -2.49. The van der Waals surface area contributed by atoms with E-state index in [1.165, 1.54) is 23.4 Å². The maximum absolute atomic E-state index is 14.3. The first-order chi connectivity index (χ1) is 11.4. The number of aromatic nitrogens is 3. The Morgan fingerprint density at radius 1 is 1.25 bits per heavy atom. The van der Waals surface area contributed by atoms with Crippen molar-refractivity contribution >= 4 is 0 Å². The van der Waals surface area contributed by atoms with Gasteiger partial charge in [0.2, 0.25) is 0 Å². The van der Waals surface area contributed by atoms with Gasteiger partial charge in [0, 0.05) is 11.6 Å². The molecular weight excluding hydrogens is 316 g/mol. The van der Waals surface area contributed by atoms with Crippen LogP contribution < -0.4 is 0 Å². The van der Waals surface area contributed by atoms with E-state index in [0.717, 1.165) is 31.4 Å². The van der Waals surface area contributed by atoms with Crippen molar-refractivity contribution in [2.45, 2.75) is 31.4 Å². The summed E-state index contributed by atoms with van der Waals surface area (Å²) in [6, 6.07) is 3.12. The average Bonchev–Trinajstić information content (AvgIpc) is 2.99. The predicted molar refractivity (Wildman–Crippen MR) is 83.3 cm³/mol. The summed E-state index contributed by atoms with van der Waals surface area (Å²) in [7, 11) is 0. The van der Waals surface area contributed by atoms with E-state index in [-0.39, 0.29) is 23.2 Å². The first-order valence-corrected chi connectivity index (χ1v) is 8.02. The maximum Gasteiger partial charge on any atom is 0.160 e. The summed E-state index contributed by atoms with van der Waals surface area (Å²) in [6.07, 6.45) is 5.61. The highest BCUT2D eigenvalue weighted by molar-refractivity contribution is 5.25. The standard InChI is InChI=1S/C16H21F2N5O/c17-13-4-5-14(15(18)8-13)16(24,9-22-12-20-11-21-22)10-23(19)6-2-1-3-7-23/h4-5,8,11-12,19,24H,1-3,6-7,9-10H2. The molecule has 3 rings (SSSR count). The average molecular weight is 337 g/mol. The minimum atomic E-state index is -1.68. The number of hydrogen-bond donors (Lipinski definition) is 1. The molecule has 0 radical (unpaired) electrons. The molecule has 8 heteroatoms. The second kappa shape index (κ2) is 6.54. The van der Waals surface area contributed by atoms with Crippen molar-refractivity contribution in [2.75, 3.05) is 19.6 Å². The van der Waals surface area contributed by atoms with Crippen LogP contribution in [0.2, 0.25) is 0 Å². The Balaban J connectivity index is 1.96. The number of hydrogen-bond acceptors (Lipinski definition) is 3. The number of benzene rings is 1. The van der Waals surface area contributed by atoms with Crippen molar-refractivity contribution in [3.8, 4) is 0 Å². The maximum atomic E-state index is 14.3. The highest BCUT2D eigenvalue weighted by atomic mass is 19.1. The van der Waals surface area contributed by atoms with Crippen LogP contribution in [-0.4, -0.2) is 44.1 Å². The molecule has 0 saturated carbocycles. The van der Waals surface area contributed by atoms with Gasteiger partial charge in [0.05, 0.1) is 19.6 Å². The van der Waals surface area contributed by atoms with Crippen molar-refractivity contribution in [1.29, 1.82) is 0 Å². The molecule has 2 N–H and O–H groups in total. The van der Waals surface area contributed by atoms with Gasteiger partial charge in [0.1, 0.15) is 30.8 Å². The minimum absolute atomic E-state index is 0.00934. The van der Waals surface area contributed by atoms with Gasteiger partial charge in [-0.1, -0.05) is 0 Å². The van der Waals surface area contributed by atoms with E-state index in [9.17, 15) is 13.9 Å². The second-order valence-electron chi connectivity index (χ2n) is 6.56. The van der Waals surface area contributed by atoms with Crippen LogP contribution in [0.15, 0.2) is 30.9 Å². The van der Waals surface area contributed by atoms with E-state index in [4.69, 9.17) is 5.84 Å². The zero-order valence-corrected chi connectivity index (χ0v) is 13.3. The molecule has 1 saturated heterocycles. The summed E-state index contributed by atoms with van der Waals surface area (Å²) in [5, 5.41) is 15.2. The molecule has 2 aromatic rings. The van der Waals surface area contributed by atoms with Gasteiger partial charge >= 0.3 is 0 Å². The van der Waals surface area contributed by atoms with Crippen LogP contribution in [0, 0.1) is 11.6 Å². The van der Waals surface area contributed by atoms with Crippen LogP contribution in [0.4, 0.5) is 8.78 Å². The minimum Gasteiger partial charge on any atom is -0.468 e. The number of piperidine rings is 1. The summed E-state index contributed by atoms with van der Waals surface area (Å²) in [4.78, 5) is 3.84. The molecule has 1 atom stereocenters. The largest absolute Gasteiger partial charge is 0.468 e. The highest BCUT2D eigenvalue weighted by Gasteiger charge is 2.40. The fourth-order valence-electron chi connectivity index (χ4n) is 3.45. The number of nitrogens with zero attached hydrogens (tertiary/aromatic N) is 4. The fourth-order valence-corrected chi connectivity index (χ4v) is 3.45. The molecule has 0 spiro atoms. The van der Waals surface area contributed by atoms with Crippen LogP contribution in [0.1, 0.15) is 24.8 Å². The summed E-state index contributed by atoms with van der Waals surface area (Å²) in [5.74, 6) is 7.08. The smallest absolute Gasteiger partial charge is 0.160 e. The van der Waals surface area contributed by atoms with E-state index in [2.05, 4.69) is 10.1 Å². The SMILES string of the molecule is [NH-][N+]1(CC(O)(Cn2cncn2)c2ccc(F)cc2F)CCCCC1. The van der Waals surface area contributed by atoms with Crippen molar-refractivity contribution in [3.05, 3.63) is 53.9 Å². The molecular formula is C16H21F2N5O. The second-order valence-corrected chi connectivity index (χ2v) is 6.56. The fraction of sp³-hybridized carbons (Fsp3) is 0.500. The van der Waals surface area contributed by atoms with Crippen LogP contribution >= 0.6 is 0 Å². The van der Waals surface area contributed by atoms with E-state index in [0.29, 0.717) is 13.1 Å². The van der Waals surface area contributed by atoms with E-state index in [1.807, 2.05) is 0 Å². The molecule has 1 fully saturated rings. The van der Waals surface area contributed by atoms with Gasteiger partial charge < -0.3 is 15.5 Å². The van der Waals surface area contributed by atoms with E-state index >= 15 is 0 Å². The lowest BCUT2D eigenvalue weighted by atomic mass is 9.91. The third-order valence-electron chi connectivity index (χ3n) is 4.56. The first-order valence-electron chi connectivity index (χ1n) is 8.02. The normalized spacial score (nSPS) is 19.8. The van der Waals surface area contributed by atoms with Crippen LogP contribution in [0.5, 0.6) is 0 Å². The molecule has 1 aliphatic heterocycles. The topological polar surface area (TPSA) is 74.7 Å². The van der Waals surface area contributed by atoms with Gasteiger partial charge in [-0.05, 0) is 31.4 Å². The summed E-state index contributed by atoms with van der Waals surface area (Å²) in [6.45, 7) is 1.16. The van der Waals surface area contributed by atoms with Crippen LogP contribution in [0.3, 0.4) is 0 Å². The highest BCUT2D eigenvalue weighted by Crippen LogP contribution is 2.32. The number of likely N-dealkylation sites (tertiary alicyclic amines) is 1. The molecule has 0 amide bonds. The zero-order chi connectivity index (χ0) is 17.2. The Bertz CT molecular complexity index is 688. The Morgan fingerprint density at radius 2 is 2.00 bits per heavy atom. The van der Waals surface area contributed by atoms with Crippen molar-refractivity contribution in [3.63, 3.8) is 0 Å². The van der Waals surface area contributed by atoms with Gasteiger partial charge in [-0.3, -0.25) is 0 Å². The Labute approximate surface area is 139 Å². The molecule has 0 aliphatic carbocycles. The Hall–Kier alpha value is -1.90. The number of nitrogens with one attached hydrogen (secondary N) is 1. The Kier molecular flexibility index (Phi) is 4.62. The molecule has 24 heavy (non-hydrogen) atoms. The van der Waals surface area contributed by atoms with E-state index in [1.54, 1.807) is 0 Å². The first kappa shape index (κ1) is 16.9. The van der Waals surface area contributed by atoms with Gasteiger partial charge in [-0.15, -0.1) is 0 Å². The number of halogens is 2. The third-order valence-corrected chi connectivity index (χ3v) is 4.56. The summed E-state index contributed by atoms with van der Waals surface area (Å²) >= 11 is 0. The molecule has 6 nitrogen and oxygen atoms in total.